The Morgan fingerprint density at radius 2 is 2.12 bits per heavy atom. The quantitative estimate of drug-likeness (QED) is 0.595. The van der Waals surface area contributed by atoms with E-state index in [4.69, 9.17) is 4.74 Å². The number of hydrogen-bond acceptors (Lipinski definition) is 3. The predicted molar refractivity (Wildman–Crippen MR) is 98.1 cm³/mol. The van der Waals surface area contributed by atoms with Crippen LogP contribution in [0.3, 0.4) is 0 Å². The fraction of sp³-hybridized carbons (Fsp3) is 0.889. The Labute approximate surface area is 148 Å². The molecule has 0 spiro atoms. The summed E-state index contributed by atoms with van der Waals surface area (Å²) in [7, 11) is -1.67. The second kappa shape index (κ2) is 9.90. The summed E-state index contributed by atoms with van der Waals surface area (Å²) < 4.78 is 34.8. The Hall–Kier alpha value is -0.430. The van der Waals surface area contributed by atoms with Crippen LogP contribution in [0.15, 0.2) is 11.6 Å². The van der Waals surface area contributed by atoms with Gasteiger partial charge < -0.3 is 4.74 Å². The molecule has 140 valence electrons. The molecule has 24 heavy (non-hydrogen) atoms. The summed E-state index contributed by atoms with van der Waals surface area (Å²) in [6, 6.07) is 0. The number of allylic oxidation sites excluding steroid dienone is 1. The fourth-order valence-corrected chi connectivity index (χ4v) is 5.58. The molecule has 0 radical (unpaired) electrons. The van der Waals surface area contributed by atoms with Crippen LogP contribution >= 0.6 is 0 Å². The van der Waals surface area contributed by atoms with E-state index in [1.54, 1.807) is 15.7 Å². The van der Waals surface area contributed by atoms with Gasteiger partial charge in [0.1, 0.15) is 0 Å². The molecule has 1 saturated heterocycles. The van der Waals surface area contributed by atoms with Crippen LogP contribution in [0.1, 0.15) is 58.3 Å². The van der Waals surface area contributed by atoms with Crippen LogP contribution in [0.25, 0.3) is 0 Å². The zero-order valence-electron chi connectivity index (χ0n) is 15.4. The maximum absolute atomic E-state index is 13.1. The molecule has 1 atom stereocenters. The van der Waals surface area contributed by atoms with Crippen molar-refractivity contribution in [3.05, 3.63) is 11.6 Å². The molecule has 0 N–H and O–H groups in total. The van der Waals surface area contributed by atoms with Crippen LogP contribution in [0.4, 0.5) is 0 Å². The molecular weight excluding hydrogens is 324 g/mol. The van der Waals surface area contributed by atoms with Crippen LogP contribution in [-0.4, -0.2) is 56.9 Å². The van der Waals surface area contributed by atoms with Crippen molar-refractivity contribution >= 4 is 10.2 Å². The highest BCUT2D eigenvalue weighted by Crippen LogP contribution is 2.24. The SMILES string of the molecule is CCCN(CCC1=CCCCC1)S(=O)(=O)N1CCCC(COC)C1. The molecule has 6 heteroatoms. The van der Waals surface area contributed by atoms with E-state index in [1.807, 2.05) is 6.92 Å². The van der Waals surface area contributed by atoms with Gasteiger partial charge in [0.15, 0.2) is 0 Å². The Bertz CT molecular complexity index is 502. The lowest BCUT2D eigenvalue weighted by Gasteiger charge is -2.35. The maximum Gasteiger partial charge on any atom is 0.281 e. The molecule has 0 aromatic rings. The molecule has 0 aromatic carbocycles. The van der Waals surface area contributed by atoms with E-state index in [1.165, 1.54) is 18.4 Å². The van der Waals surface area contributed by atoms with Gasteiger partial charge in [-0.1, -0.05) is 18.6 Å². The van der Waals surface area contributed by atoms with Gasteiger partial charge in [-0.15, -0.1) is 0 Å². The first-order valence-electron chi connectivity index (χ1n) is 9.50. The minimum atomic E-state index is -3.35. The second-order valence-electron chi connectivity index (χ2n) is 7.09. The number of hydrogen-bond donors (Lipinski definition) is 0. The van der Waals surface area contributed by atoms with Crippen molar-refractivity contribution in [2.45, 2.75) is 58.3 Å². The molecule has 0 aromatic heterocycles. The third kappa shape index (κ3) is 5.55. The van der Waals surface area contributed by atoms with Gasteiger partial charge in [0, 0.05) is 33.3 Å². The summed E-state index contributed by atoms with van der Waals surface area (Å²) >= 11 is 0. The molecule has 0 bridgehead atoms. The van der Waals surface area contributed by atoms with E-state index in [9.17, 15) is 8.42 Å². The molecule has 2 aliphatic rings. The van der Waals surface area contributed by atoms with Crippen molar-refractivity contribution in [3.63, 3.8) is 0 Å². The van der Waals surface area contributed by atoms with Crippen molar-refractivity contribution < 1.29 is 13.2 Å². The highest BCUT2D eigenvalue weighted by molar-refractivity contribution is 7.86. The summed E-state index contributed by atoms with van der Waals surface area (Å²) in [6.45, 7) is 5.16. The molecule has 1 unspecified atom stereocenters. The van der Waals surface area contributed by atoms with Crippen molar-refractivity contribution in [2.75, 3.05) is 39.9 Å². The lowest BCUT2D eigenvalue weighted by molar-refractivity contribution is 0.116. The van der Waals surface area contributed by atoms with Crippen molar-refractivity contribution in [3.8, 4) is 0 Å². The molecule has 1 heterocycles. The lowest BCUT2D eigenvalue weighted by Crippen LogP contribution is -2.49. The average Bonchev–Trinajstić information content (AvgIpc) is 2.60. The first kappa shape index (κ1) is 19.9. The number of rotatable bonds is 9. The summed E-state index contributed by atoms with van der Waals surface area (Å²) in [4.78, 5) is 0. The zero-order valence-corrected chi connectivity index (χ0v) is 16.2. The van der Waals surface area contributed by atoms with Gasteiger partial charge in [-0.05, 0) is 57.3 Å². The van der Waals surface area contributed by atoms with Gasteiger partial charge in [0.05, 0.1) is 6.61 Å². The Kier molecular flexibility index (Phi) is 8.20. The van der Waals surface area contributed by atoms with Gasteiger partial charge in [-0.3, -0.25) is 0 Å². The van der Waals surface area contributed by atoms with E-state index in [0.717, 1.165) is 38.5 Å². The third-order valence-electron chi connectivity index (χ3n) is 5.08. The molecule has 1 fully saturated rings. The smallest absolute Gasteiger partial charge is 0.281 e. The second-order valence-corrected chi connectivity index (χ2v) is 9.02. The lowest BCUT2D eigenvalue weighted by atomic mass is 9.97. The largest absolute Gasteiger partial charge is 0.384 e. The highest BCUT2D eigenvalue weighted by atomic mass is 32.2. The Morgan fingerprint density at radius 3 is 2.79 bits per heavy atom. The van der Waals surface area contributed by atoms with Crippen molar-refractivity contribution in [1.29, 1.82) is 0 Å². The minimum absolute atomic E-state index is 0.322. The van der Waals surface area contributed by atoms with Crippen LogP contribution in [0, 0.1) is 5.92 Å². The summed E-state index contributed by atoms with van der Waals surface area (Å²) in [5.41, 5.74) is 1.44. The summed E-state index contributed by atoms with van der Waals surface area (Å²) in [5, 5.41) is 0. The fourth-order valence-electron chi connectivity index (χ4n) is 3.76. The number of methoxy groups -OCH3 is 1. The van der Waals surface area contributed by atoms with Crippen molar-refractivity contribution in [2.24, 2.45) is 5.92 Å². The number of nitrogens with zero attached hydrogens (tertiary/aromatic N) is 2. The van der Waals surface area contributed by atoms with Gasteiger partial charge in [0.2, 0.25) is 0 Å². The van der Waals surface area contributed by atoms with Crippen LogP contribution in [0.2, 0.25) is 0 Å². The monoisotopic (exact) mass is 358 g/mol. The normalized spacial score (nSPS) is 23.5. The highest BCUT2D eigenvalue weighted by Gasteiger charge is 2.33. The molecule has 0 amide bonds. The van der Waals surface area contributed by atoms with E-state index in [-0.39, 0.29) is 0 Å². The van der Waals surface area contributed by atoms with E-state index >= 15 is 0 Å². The minimum Gasteiger partial charge on any atom is -0.384 e. The van der Waals surface area contributed by atoms with E-state index in [2.05, 4.69) is 6.08 Å². The first-order chi connectivity index (χ1) is 11.6. The summed E-state index contributed by atoms with van der Waals surface area (Å²) in [5.74, 6) is 0.322. The van der Waals surface area contributed by atoms with E-state index in [0.29, 0.717) is 38.7 Å². The average molecular weight is 359 g/mol. The number of ether oxygens (including phenoxy) is 1. The van der Waals surface area contributed by atoms with Gasteiger partial charge >= 0.3 is 0 Å². The molecular formula is C18H34N2O3S. The van der Waals surface area contributed by atoms with Crippen molar-refractivity contribution in [1.82, 2.24) is 8.61 Å². The number of piperidine rings is 1. The predicted octanol–water partition coefficient (Wildman–Crippen LogP) is 3.19. The van der Waals surface area contributed by atoms with Gasteiger partial charge in [-0.2, -0.15) is 17.0 Å². The third-order valence-corrected chi connectivity index (χ3v) is 7.08. The molecule has 5 nitrogen and oxygen atoms in total. The molecule has 0 saturated carbocycles. The van der Waals surface area contributed by atoms with E-state index < -0.39 is 10.2 Å². The Morgan fingerprint density at radius 1 is 1.29 bits per heavy atom. The van der Waals surface area contributed by atoms with Crippen LogP contribution < -0.4 is 0 Å². The molecule has 1 aliphatic carbocycles. The standard InChI is InChI=1S/C18H34N2O3S/c1-3-12-19(14-11-17-8-5-4-6-9-17)24(21,22)20-13-7-10-18(15-20)16-23-2/h8,18H,3-7,9-16H2,1-2H3. The Balaban J connectivity index is 1.99. The molecule has 2 rings (SSSR count). The van der Waals surface area contributed by atoms with Gasteiger partial charge in [0.25, 0.3) is 10.2 Å². The first-order valence-corrected chi connectivity index (χ1v) is 10.9. The zero-order chi connectivity index (χ0) is 17.4. The topological polar surface area (TPSA) is 49.9 Å². The summed E-state index contributed by atoms with van der Waals surface area (Å²) in [6.07, 6.45) is 10.9. The molecule has 1 aliphatic heterocycles. The maximum atomic E-state index is 13.1. The van der Waals surface area contributed by atoms with Gasteiger partial charge in [-0.25, -0.2) is 0 Å². The van der Waals surface area contributed by atoms with Crippen LogP contribution in [0.5, 0.6) is 0 Å². The van der Waals surface area contributed by atoms with Crippen LogP contribution in [-0.2, 0) is 14.9 Å².